The number of nitrogens with zero attached hydrogens (tertiary/aromatic N) is 1. The first-order valence-corrected chi connectivity index (χ1v) is 7.33. The largest absolute Gasteiger partial charge is 0.481 e. The van der Waals surface area contributed by atoms with Crippen LogP contribution in [-0.2, 0) is 27.2 Å². The van der Waals surface area contributed by atoms with Crippen LogP contribution in [0.3, 0.4) is 0 Å². The molecule has 6 heteroatoms. The van der Waals surface area contributed by atoms with Gasteiger partial charge in [-0.25, -0.2) is 0 Å². The van der Waals surface area contributed by atoms with Crippen LogP contribution in [0.4, 0.5) is 5.69 Å². The maximum Gasteiger partial charge on any atom is 0.305 e. The molecule has 0 atom stereocenters. The van der Waals surface area contributed by atoms with Gasteiger partial charge in [-0.15, -0.1) is 0 Å². The first-order chi connectivity index (χ1) is 10.5. The van der Waals surface area contributed by atoms with E-state index in [0.29, 0.717) is 19.3 Å². The smallest absolute Gasteiger partial charge is 0.305 e. The van der Waals surface area contributed by atoms with Gasteiger partial charge in [-0.3, -0.25) is 14.4 Å². The molecule has 22 heavy (non-hydrogen) atoms. The minimum Gasteiger partial charge on any atom is -0.481 e. The molecule has 0 aliphatic carbocycles. The highest BCUT2D eigenvalue weighted by atomic mass is 16.4. The van der Waals surface area contributed by atoms with Crippen molar-refractivity contribution >= 4 is 23.5 Å². The number of carboxylic acid groups (broad SMARTS) is 1. The van der Waals surface area contributed by atoms with Crippen LogP contribution in [-0.4, -0.2) is 41.4 Å². The summed E-state index contributed by atoms with van der Waals surface area (Å²) in [6, 6.07) is 5.87. The third-order valence-corrected chi connectivity index (χ3v) is 3.74. The zero-order valence-electron chi connectivity index (χ0n) is 12.6. The van der Waals surface area contributed by atoms with Crippen molar-refractivity contribution in [3.05, 3.63) is 29.3 Å². The first-order valence-electron chi connectivity index (χ1n) is 7.33. The van der Waals surface area contributed by atoms with Gasteiger partial charge in [0.15, 0.2) is 0 Å². The zero-order valence-corrected chi connectivity index (χ0v) is 12.6. The van der Waals surface area contributed by atoms with E-state index in [-0.39, 0.29) is 24.8 Å². The second-order valence-corrected chi connectivity index (χ2v) is 5.53. The number of hydrogen-bond donors (Lipinski definition) is 2. The molecule has 118 valence electrons. The van der Waals surface area contributed by atoms with Crippen molar-refractivity contribution in [2.45, 2.75) is 32.1 Å². The van der Waals surface area contributed by atoms with Gasteiger partial charge < -0.3 is 15.3 Å². The van der Waals surface area contributed by atoms with Crippen molar-refractivity contribution in [3.63, 3.8) is 0 Å². The van der Waals surface area contributed by atoms with Gasteiger partial charge >= 0.3 is 5.97 Å². The molecular formula is C16H20N2O4. The Morgan fingerprint density at radius 3 is 2.82 bits per heavy atom. The van der Waals surface area contributed by atoms with Crippen LogP contribution in [0.2, 0.25) is 0 Å². The summed E-state index contributed by atoms with van der Waals surface area (Å²) >= 11 is 0. The van der Waals surface area contributed by atoms with Gasteiger partial charge in [0.1, 0.15) is 0 Å². The van der Waals surface area contributed by atoms with Crippen molar-refractivity contribution < 1.29 is 19.5 Å². The second kappa shape index (κ2) is 7.06. The predicted molar refractivity (Wildman–Crippen MR) is 81.6 cm³/mol. The van der Waals surface area contributed by atoms with E-state index < -0.39 is 5.97 Å². The highest BCUT2D eigenvalue weighted by molar-refractivity contribution is 5.99. The summed E-state index contributed by atoms with van der Waals surface area (Å²) < 4.78 is 0. The molecule has 1 aliphatic rings. The molecule has 2 amide bonds. The number of anilines is 1. The summed E-state index contributed by atoms with van der Waals surface area (Å²) in [5.41, 5.74) is 2.99. The van der Waals surface area contributed by atoms with E-state index in [9.17, 15) is 14.4 Å². The van der Waals surface area contributed by atoms with E-state index in [1.165, 1.54) is 4.90 Å². The standard InChI is InChI=1S/C16H20N2O4/c1-18(8-7-16(21)22)15(20)4-2-3-11-5-6-13-12(9-11)10-14(19)17-13/h5-6,9H,2-4,7-8,10H2,1H3,(H,17,19)(H,21,22). The third-order valence-electron chi connectivity index (χ3n) is 3.74. The number of fused-ring (bicyclic) bond motifs is 1. The van der Waals surface area contributed by atoms with Crippen LogP contribution in [0, 0.1) is 0 Å². The lowest BCUT2D eigenvalue weighted by Crippen LogP contribution is -2.28. The van der Waals surface area contributed by atoms with Gasteiger partial charge in [0.2, 0.25) is 11.8 Å². The lowest BCUT2D eigenvalue weighted by molar-refractivity contribution is -0.138. The Morgan fingerprint density at radius 2 is 2.09 bits per heavy atom. The van der Waals surface area contributed by atoms with Crippen LogP contribution in [0.15, 0.2) is 18.2 Å². The third kappa shape index (κ3) is 4.31. The molecule has 0 radical (unpaired) electrons. The SMILES string of the molecule is CN(CCC(=O)O)C(=O)CCCc1ccc2c(c1)CC(=O)N2. The van der Waals surface area contributed by atoms with E-state index in [1.807, 2.05) is 18.2 Å². The van der Waals surface area contributed by atoms with Gasteiger partial charge in [0, 0.05) is 25.7 Å². The molecule has 0 unspecified atom stereocenters. The molecule has 0 saturated heterocycles. The number of carbonyl (C=O) groups is 3. The highest BCUT2D eigenvalue weighted by Crippen LogP contribution is 2.24. The number of rotatable bonds is 7. The molecule has 0 aromatic heterocycles. The summed E-state index contributed by atoms with van der Waals surface area (Å²) in [5, 5.41) is 11.4. The minimum atomic E-state index is -0.902. The van der Waals surface area contributed by atoms with Crippen molar-refractivity contribution in [2.24, 2.45) is 0 Å². The second-order valence-electron chi connectivity index (χ2n) is 5.53. The molecule has 1 aromatic carbocycles. The molecule has 0 fully saturated rings. The van der Waals surface area contributed by atoms with Crippen molar-refractivity contribution in [2.75, 3.05) is 18.9 Å². The fourth-order valence-corrected chi connectivity index (χ4v) is 2.46. The van der Waals surface area contributed by atoms with Crippen LogP contribution in [0.5, 0.6) is 0 Å². The monoisotopic (exact) mass is 304 g/mol. The van der Waals surface area contributed by atoms with Crippen molar-refractivity contribution in [1.82, 2.24) is 4.90 Å². The maximum absolute atomic E-state index is 11.9. The van der Waals surface area contributed by atoms with Gasteiger partial charge in [0.05, 0.1) is 12.8 Å². The van der Waals surface area contributed by atoms with Gasteiger partial charge in [0.25, 0.3) is 0 Å². The Kier molecular flexibility index (Phi) is 5.14. The average Bonchev–Trinajstić information content (AvgIpc) is 2.83. The number of benzene rings is 1. The van der Waals surface area contributed by atoms with Gasteiger partial charge in [-0.2, -0.15) is 0 Å². The van der Waals surface area contributed by atoms with Crippen LogP contribution in [0.25, 0.3) is 0 Å². The number of carbonyl (C=O) groups excluding carboxylic acids is 2. The Morgan fingerprint density at radius 1 is 1.32 bits per heavy atom. The molecule has 1 heterocycles. The van der Waals surface area contributed by atoms with Crippen LogP contribution >= 0.6 is 0 Å². The molecule has 2 rings (SSSR count). The Labute approximate surface area is 129 Å². The summed E-state index contributed by atoms with van der Waals surface area (Å²) in [5.74, 6) is -0.928. The van der Waals surface area contributed by atoms with Crippen molar-refractivity contribution in [1.29, 1.82) is 0 Å². The van der Waals surface area contributed by atoms with Gasteiger partial charge in [-0.1, -0.05) is 12.1 Å². The summed E-state index contributed by atoms with van der Waals surface area (Å²) in [6.07, 6.45) is 2.24. The molecular weight excluding hydrogens is 284 g/mol. The number of amides is 2. The summed E-state index contributed by atoms with van der Waals surface area (Å²) in [4.78, 5) is 35.1. The fourth-order valence-electron chi connectivity index (χ4n) is 2.46. The topological polar surface area (TPSA) is 86.7 Å². The molecule has 1 aromatic rings. The maximum atomic E-state index is 11.9. The fraction of sp³-hybridized carbons (Fsp3) is 0.438. The molecule has 0 saturated carbocycles. The minimum absolute atomic E-state index is 0.0161. The molecule has 2 N–H and O–H groups in total. The van der Waals surface area contributed by atoms with E-state index in [4.69, 9.17) is 5.11 Å². The number of carboxylic acids is 1. The number of aryl methyl sites for hydroxylation is 1. The predicted octanol–water partition coefficient (Wildman–Crippen LogP) is 1.44. The Bertz CT molecular complexity index is 598. The number of hydrogen-bond acceptors (Lipinski definition) is 3. The summed E-state index contributed by atoms with van der Waals surface area (Å²) in [7, 11) is 1.62. The average molecular weight is 304 g/mol. The van der Waals surface area contributed by atoms with E-state index in [0.717, 1.165) is 23.2 Å². The Hall–Kier alpha value is -2.37. The highest BCUT2D eigenvalue weighted by Gasteiger charge is 2.17. The first kappa shape index (κ1) is 16.0. The van der Waals surface area contributed by atoms with Crippen LogP contribution in [0.1, 0.15) is 30.4 Å². The quantitative estimate of drug-likeness (QED) is 0.798. The number of aliphatic carboxylic acids is 1. The van der Waals surface area contributed by atoms with Crippen molar-refractivity contribution in [3.8, 4) is 0 Å². The lowest BCUT2D eigenvalue weighted by Gasteiger charge is -2.15. The molecule has 0 bridgehead atoms. The molecule has 1 aliphatic heterocycles. The lowest BCUT2D eigenvalue weighted by atomic mass is 10.0. The van der Waals surface area contributed by atoms with E-state index in [1.54, 1.807) is 7.05 Å². The van der Waals surface area contributed by atoms with Gasteiger partial charge in [-0.05, 0) is 30.0 Å². The normalized spacial score (nSPS) is 12.7. The molecule has 0 spiro atoms. The van der Waals surface area contributed by atoms with E-state index >= 15 is 0 Å². The van der Waals surface area contributed by atoms with Crippen LogP contribution < -0.4 is 5.32 Å². The molecule has 6 nitrogen and oxygen atoms in total. The number of nitrogens with one attached hydrogen (secondary N) is 1. The zero-order chi connectivity index (χ0) is 16.1. The summed E-state index contributed by atoms with van der Waals surface area (Å²) in [6.45, 7) is 0.237. The Balaban J connectivity index is 1.77. The van der Waals surface area contributed by atoms with E-state index in [2.05, 4.69) is 5.32 Å².